The minimum absolute atomic E-state index is 0.563. The van der Waals surface area contributed by atoms with Crippen LogP contribution in [0.25, 0.3) is 11.4 Å². The summed E-state index contributed by atoms with van der Waals surface area (Å²) in [6, 6.07) is 11.2. The summed E-state index contributed by atoms with van der Waals surface area (Å²) in [7, 11) is 3.92. The standard InChI is InChI=1S/C18H20ClN5OS/c1-22(10-11-25-16-7-5-15(19)6-8-16)13-24-18(26)23(2)17(21-24)14-4-3-9-20-12-14/h3-9,12H,10-11,13H2,1-2H3. The molecule has 0 saturated carbocycles. The van der Waals surface area contributed by atoms with E-state index >= 15 is 0 Å². The summed E-state index contributed by atoms with van der Waals surface area (Å²) in [5.41, 5.74) is 0.938. The number of likely N-dealkylation sites (N-methyl/N-ethyl adjacent to an activating group) is 1. The lowest BCUT2D eigenvalue weighted by atomic mass is 10.3. The van der Waals surface area contributed by atoms with Gasteiger partial charge in [-0.3, -0.25) is 9.88 Å². The number of hydrogen-bond acceptors (Lipinski definition) is 5. The van der Waals surface area contributed by atoms with E-state index in [0.717, 1.165) is 23.7 Å². The zero-order chi connectivity index (χ0) is 18.5. The van der Waals surface area contributed by atoms with Crippen LogP contribution in [0.2, 0.25) is 5.02 Å². The molecule has 0 aliphatic heterocycles. The van der Waals surface area contributed by atoms with Crippen LogP contribution >= 0.6 is 23.8 Å². The molecule has 26 heavy (non-hydrogen) atoms. The van der Waals surface area contributed by atoms with Crippen molar-refractivity contribution in [1.29, 1.82) is 0 Å². The first-order valence-corrected chi connectivity index (χ1v) is 8.94. The van der Waals surface area contributed by atoms with Crippen LogP contribution in [0.3, 0.4) is 0 Å². The molecule has 1 aromatic carbocycles. The van der Waals surface area contributed by atoms with Gasteiger partial charge in [0, 0.05) is 36.6 Å². The van der Waals surface area contributed by atoms with Gasteiger partial charge in [-0.1, -0.05) is 11.6 Å². The van der Waals surface area contributed by atoms with Gasteiger partial charge >= 0.3 is 0 Å². The molecule has 0 N–H and O–H groups in total. The first kappa shape index (κ1) is 18.6. The van der Waals surface area contributed by atoms with Gasteiger partial charge in [0.05, 0.1) is 6.67 Å². The highest BCUT2D eigenvalue weighted by Gasteiger charge is 2.11. The number of halogens is 1. The first-order valence-electron chi connectivity index (χ1n) is 8.16. The molecule has 0 bridgehead atoms. The Morgan fingerprint density at radius 2 is 2.00 bits per heavy atom. The fourth-order valence-corrected chi connectivity index (χ4v) is 2.79. The number of pyridine rings is 1. The predicted octanol–water partition coefficient (Wildman–Crippen LogP) is 3.63. The summed E-state index contributed by atoms with van der Waals surface area (Å²) >= 11 is 11.4. The van der Waals surface area contributed by atoms with Gasteiger partial charge < -0.3 is 9.30 Å². The van der Waals surface area contributed by atoms with Crippen molar-refractivity contribution in [2.45, 2.75) is 6.67 Å². The Hall–Kier alpha value is -2.22. The van der Waals surface area contributed by atoms with Crippen LogP contribution in [-0.4, -0.2) is 44.4 Å². The quantitative estimate of drug-likeness (QED) is 0.577. The third kappa shape index (κ3) is 4.49. The van der Waals surface area contributed by atoms with E-state index in [9.17, 15) is 0 Å². The highest BCUT2D eigenvalue weighted by molar-refractivity contribution is 7.71. The van der Waals surface area contributed by atoms with Crippen LogP contribution in [0, 0.1) is 4.77 Å². The lowest BCUT2D eigenvalue weighted by Gasteiger charge is -2.16. The van der Waals surface area contributed by atoms with E-state index in [-0.39, 0.29) is 0 Å². The average Bonchev–Trinajstić information content (AvgIpc) is 2.92. The molecule has 3 aromatic rings. The Labute approximate surface area is 162 Å². The monoisotopic (exact) mass is 389 g/mol. The van der Waals surface area contributed by atoms with Gasteiger partial charge in [-0.05, 0) is 55.7 Å². The lowest BCUT2D eigenvalue weighted by Crippen LogP contribution is -2.27. The highest BCUT2D eigenvalue weighted by atomic mass is 35.5. The topological polar surface area (TPSA) is 48.1 Å². The van der Waals surface area contributed by atoms with Crippen LogP contribution in [0.1, 0.15) is 0 Å². The molecular formula is C18H20ClN5OS. The fourth-order valence-electron chi connectivity index (χ4n) is 2.48. The molecule has 0 aliphatic carbocycles. The number of rotatable bonds is 7. The first-order chi connectivity index (χ1) is 12.5. The zero-order valence-electron chi connectivity index (χ0n) is 14.7. The van der Waals surface area contributed by atoms with Gasteiger partial charge in [-0.2, -0.15) is 5.10 Å². The summed E-state index contributed by atoms with van der Waals surface area (Å²) < 4.78 is 10.1. The number of aromatic nitrogens is 4. The van der Waals surface area contributed by atoms with E-state index in [1.165, 1.54) is 0 Å². The van der Waals surface area contributed by atoms with Crippen molar-refractivity contribution < 1.29 is 4.74 Å². The summed E-state index contributed by atoms with van der Waals surface area (Å²) in [6.07, 6.45) is 3.52. The molecule has 0 fully saturated rings. The van der Waals surface area contributed by atoms with Crippen LogP contribution in [0.5, 0.6) is 5.75 Å². The van der Waals surface area contributed by atoms with Crippen LogP contribution in [0.4, 0.5) is 0 Å². The number of nitrogens with zero attached hydrogens (tertiary/aromatic N) is 5. The molecule has 0 radical (unpaired) electrons. The smallest absolute Gasteiger partial charge is 0.199 e. The van der Waals surface area contributed by atoms with Crippen molar-refractivity contribution in [3.63, 3.8) is 0 Å². The molecule has 8 heteroatoms. The Kier molecular flexibility index (Phi) is 6.03. The van der Waals surface area contributed by atoms with Crippen molar-refractivity contribution in [3.8, 4) is 17.1 Å². The Bertz CT molecular complexity index is 908. The second kappa shape index (κ2) is 8.44. The van der Waals surface area contributed by atoms with Crippen LogP contribution in [-0.2, 0) is 13.7 Å². The van der Waals surface area contributed by atoms with E-state index in [2.05, 4.69) is 15.0 Å². The molecule has 0 spiro atoms. The Balaban J connectivity index is 1.60. The van der Waals surface area contributed by atoms with Crippen molar-refractivity contribution >= 4 is 23.8 Å². The van der Waals surface area contributed by atoms with Gasteiger partial charge in [0.2, 0.25) is 0 Å². The van der Waals surface area contributed by atoms with Crippen LogP contribution in [0.15, 0.2) is 48.8 Å². The predicted molar refractivity (Wildman–Crippen MR) is 105 cm³/mol. The summed E-state index contributed by atoms with van der Waals surface area (Å²) in [4.78, 5) is 6.25. The molecule has 6 nitrogen and oxygen atoms in total. The second-order valence-corrected chi connectivity index (χ2v) is 6.73. The average molecular weight is 390 g/mol. The third-order valence-corrected chi connectivity index (χ3v) is 4.63. The molecule has 0 aliphatic rings. The summed E-state index contributed by atoms with van der Waals surface area (Å²) in [6.45, 7) is 1.88. The zero-order valence-corrected chi connectivity index (χ0v) is 16.2. The van der Waals surface area contributed by atoms with Gasteiger partial charge in [0.15, 0.2) is 10.6 Å². The molecule has 2 heterocycles. The third-order valence-electron chi connectivity index (χ3n) is 3.89. The number of benzene rings is 1. The highest BCUT2D eigenvalue weighted by Crippen LogP contribution is 2.16. The number of hydrogen-bond donors (Lipinski definition) is 0. The van der Waals surface area contributed by atoms with Gasteiger partial charge in [0.25, 0.3) is 0 Å². The van der Waals surface area contributed by atoms with Crippen molar-refractivity contribution in [1.82, 2.24) is 24.2 Å². The number of ether oxygens (including phenoxy) is 1. The normalized spacial score (nSPS) is 11.1. The van der Waals surface area contributed by atoms with Crippen molar-refractivity contribution in [3.05, 3.63) is 58.6 Å². The van der Waals surface area contributed by atoms with Gasteiger partial charge in [-0.15, -0.1) is 0 Å². The molecule has 2 aromatic heterocycles. The Morgan fingerprint density at radius 3 is 2.69 bits per heavy atom. The molecule has 0 saturated heterocycles. The van der Waals surface area contributed by atoms with Crippen LogP contribution < -0.4 is 4.74 Å². The summed E-state index contributed by atoms with van der Waals surface area (Å²) in [5.74, 6) is 1.60. The fraction of sp³-hybridized carbons (Fsp3) is 0.278. The van der Waals surface area contributed by atoms with E-state index in [1.54, 1.807) is 17.1 Å². The van der Waals surface area contributed by atoms with Crippen molar-refractivity contribution in [2.24, 2.45) is 7.05 Å². The molecule has 0 amide bonds. The second-order valence-electron chi connectivity index (χ2n) is 5.93. The molecule has 3 rings (SSSR count). The maximum absolute atomic E-state index is 5.87. The minimum Gasteiger partial charge on any atom is -0.492 e. The largest absolute Gasteiger partial charge is 0.492 e. The van der Waals surface area contributed by atoms with Crippen molar-refractivity contribution in [2.75, 3.05) is 20.2 Å². The SMILES string of the molecule is CN(CCOc1ccc(Cl)cc1)Cn1nc(-c2cccnc2)n(C)c1=S. The lowest BCUT2D eigenvalue weighted by molar-refractivity contribution is 0.198. The maximum Gasteiger partial charge on any atom is 0.199 e. The molecule has 0 unspecified atom stereocenters. The van der Waals surface area contributed by atoms with E-state index in [1.807, 2.05) is 55.1 Å². The van der Waals surface area contributed by atoms with Gasteiger partial charge in [-0.25, -0.2) is 4.68 Å². The molecule has 0 atom stereocenters. The van der Waals surface area contributed by atoms with E-state index < -0.39 is 0 Å². The maximum atomic E-state index is 5.87. The van der Waals surface area contributed by atoms with E-state index in [4.69, 9.17) is 28.6 Å². The Morgan fingerprint density at radius 1 is 1.23 bits per heavy atom. The minimum atomic E-state index is 0.563. The molecular weight excluding hydrogens is 370 g/mol. The van der Waals surface area contributed by atoms with E-state index in [0.29, 0.717) is 23.1 Å². The molecule has 136 valence electrons. The van der Waals surface area contributed by atoms with Gasteiger partial charge in [0.1, 0.15) is 12.4 Å². The summed E-state index contributed by atoms with van der Waals surface area (Å²) in [5, 5.41) is 5.33.